The molecule has 0 spiro atoms. The summed E-state index contributed by atoms with van der Waals surface area (Å²) in [6.45, 7) is 7.99. The largest absolute Gasteiger partial charge is 0.457 e. The van der Waals surface area contributed by atoms with E-state index in [1.807, 2.05) is 60.8 Å². The highest BCUT2D eigenvalue weighted by Gasteiger charge is 2.62. The van der Waals surface area contributed by atoms with Gasteiger partial charge in [0.1, 0.15) is 18.1 Å². The summed E-state index contributed by atoms with van der Waals surface area (Å²) in [7, 11) is 0. The zero-order valence-electron chi connectivity index (χ0n) is 19.6. The lowest BCUT2D eigenvalue weighted by Crippen LogP contribution is -2.28. The Morgan fingerprint density at radius 3 is 2.47 bits per heavy atom. The van der Waals surface area contributed by atoms with E-state index in [-0.39, 0.29) is 0 Å². The summed E-state index contributed by atoms with van der Waals surface area (Å²) in [5.74, 6) is 4.09. The highest BCUT2D eigenvalue weighted by atomic mass is 16.6. The summed E-state index contributed by atoms with van der Waals surface area (Å²) in [4.78, 5) is 5.61. The molecule has 32 heavy (non-hydrogen) atoms. The van der Waals surface area contributed by atoms with Crippen LogP contribution in [0.15, 0.2) is 71.4 Å². The maximum Gasteiger partial charge on any atom is 0.142 e. The highest BCUT2D eigenvalue weighted by molar-refractivity contribution is 5.72. The number of oxime groups is 1. The SMILES string of the molecule is CC1(C)CCC[C@]2(C)/C(=C\C=N\OCc3ccc(Oc4ccccc4)cc3)[C@H]3CC[C@@H]2[C@H]31. The molecule has 3 aliphatic rings. The van der Waals surface area contributed by atoms with Gasteiger partial charge in [-0.05, 0) is 90.2 Å². The maximum atomic E-state index is 5.85. The van der Waals surface area contributed by atoms with E-state index in [1.54, 1.807) is 5.57 Å². The van der Waals surface area contributed by atoms with Crippen LogP contribution in [0.3, 0.4) is 0 Å². The van der Waals surface area contributed by atoms with Gasteiger partial charge in [-0.25, -0.2) is 0 Å². The highest BCUT2D eigenvalue weighted by Crippen LogP contribution is 2.70. The first-order valence-corrected chi connectivity index (χ1v) is 12.2. The average Bonchev–Trinajstić information content (AvgIpc) is 3.29. The lowest BCUT2D eigenvalue weighted by molar-refractivity contribution is 0.132. The fraction of sp³-hybridized carbons (Fsp3) is 0.483. The van der Waals surface area contributed by atoms with Crippen molar-refractivity contribution in [2.45, 2.75) is 59.5 Å². The minimum Gasteiger partial charge on any atom is -0.457 e. The molecule has 3 aliphatic carbocycles. The zero-order valence-corrected chi connectivity index (χ0v) is 19.6. The van der Waals surface area contributed by atoms with Gasteiger partial charge in [0.15, 0.2) is 0 Å². The number of hydrogen-bond acceptors (Lipinski definition) is 3. The molecule has 3 saturated carbocycles. The monoisotopic (exact) mass is 429 g/mol. The van der Waals surface area contributed by atoms with Gasteiger partial charge in [0.25, 0.3) is 0 Å². The number of allylic oxidation sites excluding steroid dienone is 2. The molecule has 3 nitrogen and oxygen atoms in total. The first-order valence-electron chi connectivity index (χ1n) is 12.2. The molecule has 4 atom stereocenters. The van der Waals surface area contributed by atoms with Gasteiger partial charge >= 0.3 is 0 Å². The minimum absolute atomic E-state index is 0.363. The molecule has 0 aromatic heterocycles. The number of benzene rings is 2. The van der Waals surface area contributed by atoms with Crippen LogP contribution in [0.25, 0.3) is 0 Å². The number of rotatable bonds is 6. The summed E-state index contributed by atoms with van der Waals surface area (Å²) >= 11 is 0. The van der Waals surface area contributed by atoms with E-state index in [0.717, 1.165) is 34.8 Å². The van der Waals surface area contributed by atoms with Crippen molar-refractivity contribution >= 4 is 6.21 Å². The Kier molecular flexibility index (Phi) is 5.61. The summed E-state index contributed by atoms with van der Waals surface area (Å²) in [5.41, 5.74) is 3.54. The van der Waals surface area contributed by atoms with E-state index in [9.17, 15) is 0 Å². The molecule has 0 N–H and O–H groups in total. The Morgan fingerprint density at radius 1 is 0.938 bits per heavy atom. The van der Waals surface area contributed by atoms with Gasteiger partial charge in [-0.3, -0.25) is 0 Å². The fourth-order valence-corrected chi connectivity index (χ4v) is 7.05. The summed E-state index contributed by atoms with van der Waals surface area (Å²) in [6.07, 6.45) is 11.0. The van der Waals surface area contributed by atoms with Gasteiger partial charge in [0, 0.05) is 0 Å². The van der Waals surface area contributed by atoms with Crippen molar-refractivity contribution in [2.24, 2.45) is 33.7 Å². The van der Waals surface area contributed by atoms with Gasteiger partial charge < -0.3 is 9.57 Å². The van der Waals surface area contributed by atoms with E-state index in [2.05, 4.69) is 32.0 Å². The van der Waals surface area contributed by atoms with Crippen molar-refractivity contribution in [1.82, 2.24) is 0 Å². The molecular formula is C29H35NO2. The molecule has 0 saturated heterocycles. The van der Waals surface area contributed by atoms with Crippen molar-refractivity contribution in [3.63, 3.8) is 0 Å². The molecule has 0 aliphatic heterocycles. The Labute approximate surface area is 192 Å². The standard InChI is InChI=1S/C29H35NO2/c1-28(2)17-7-18-29(3)25(24-14-15-26(29)27(24)28)16-19-30-31-20-21-10-12-23(13-11-21)32-22-8-5-4-6-9-22/h4-6,8-13,16,19,24,26-27H,7,14-15,17-18,20H2,1-3H3/b25-16-,30-19+/t24-,26-,27+,29-/m1/s1. The normalized spacial score (nSPS) is 31.7. The van der Waals surface area contributed by atoms with Crippen LogP contribution in [-0.4, -0.2) is 6.21 Å². The zero-order chi connectivity index (χ0) is 22.2. The van der Waals surface area contributed by atoms with Crippen LogP contribution in [0, 0.1) is 28.6 Å². The van der Waals surface area contributed by atoms with Crippen LogP contribution in [0.2, 0.25) is 0 Å². The van der Waals surface area contributed by atoms with Gasteiger partial charge in [-0.2, -0.15) is 0 Å². The minimum atomic E-state index is 0.363. The van der Waals surface area contributed by atoms with Gasteiger partial charge in [0.2, 0.25) is 0 Å². The third-order valence-electron chi connectivity index (χ3n) is 8.48. The van der Waals surface area contributed by atoms with Crippen molar-refractivity contribution in [1.29, 1.82) is 0 Å². The Bertz CT molecular complexity index is 992. The molecule has 0 heterocycles. The Morgan fingerprint density at radius 2 is 1.69 bits per heavy atom. The van der Waals surface area contributed by atoms with Crippen LogP contribution < -0.4 is 4.74 Å². The van der Waals surface area contributed by atoms with E-state index in [0.29, 0.717) is 17.4 Å². The molecule has 5 rings (SSSR count). The van der Waals surface area contributed by atoms with Gasteiger partial charge in [-0.15, -0.1) is 0 Å². The second kappa shape index (κ2) is 8.42. The first kappa shape index (κ1) is 21.3. The lowest BCUT2D eigenvalue weighted by Gasteiger charge is -2.36. The van der Waals surface area contributed by atoms with E-state index < -0.39 is 0 Å². The number of nitrogens with zero attached hydrogens (tertiary/aromatic N) is 1. The van der Waals surface area contributed by atoms with Gasteiger partial charge in [-0.1, -0.05) is 68.3 Å². The number of ether oxygens (including phenoxy) is 1. The summed E-state index contributed by atoms with van der Waals surface area (Å²) in [5, 5.41) is 4.28. The Balaban J connectivity index is 1.19. The predicted octanol–water partition coefficient (Wildman–Crippen LogP) is 7.78. The second-order valence-electron chi connectivity index (χ2n) is 10.8. The smallest absolute Gasteiger partial charge is 0.142 e. The van der Waals surface area contributed by atoms with Crippen LogP contribution in [0.5, 0.6) is 11.5 Å². The topological polar surface area (TPSA) is 30.8 Å². The summed E-state index contributed by atoms with van der Waals surface area (Å²) < 4.78 is 5.85. The molecule has 3 heteroatoms. The van der Waals surface area contributed by atoms with Crippen LogP contribution >= 0.6 is 0 Å². The molecular weight excluding hydrogens is 394 g/mol. The van der Waals surface area contributed by atoms with Crippen molar-refractivity contribution in [3.05, 3.63) is 71.8 Å². The predicted molar refractivity (Wildman–Crippen MR) is 130 cm³/mol. The van der Waals surface area contributed by atoms with Crippen molar-refractivity contribution in [3.8, 4) is 11.5 Å². The molecule has 168 valence electrons. The van der Waals surface area contributed by atoms with Crippen molar-refractivity contribution < 1.29 is 9.57 Å². The number of para-hydroxylation sites is 1. The lowest BCUT2D eigenvalue weighted by atomic mass is 9.68. The molecule has 4 bridgehead atoms. The van der Waals surface area contributed by atoms with Crippen LogP contribution in [0.1, 0.15) is 58.4 Å². The molecule has 0 unspecified atom stereocenters. The maximum absolute atomic E-state index is 5.85. The third-order valence-corrected chi connectivity index (χ3v) is 8.48. The van der Waals surface area contributed by atoms with Crippen LogP contribution in [0.4, 0.5) is 0 Å². The molecule has 2 aromatic carbocycles. The van der Waals surface area contributed by atoms with E-state index >= 15 is 0 Å². The number of hydrogen-bond donors (Lipinski definition) is 0. The van der Waals surface area contributed by atoms with Crippen molar-refractivity contribution in [2.75, 3.05) is 0 Å². The fourth-order valence-electron chi connectivity index (χ4n) is 7.05. The third kappa shape index (κ3) is 3.87. The van der Waals surface area contributed by atoms with E-state index in [4.69, 9.17) is 9.57 Å². The molecule has 0 radical (unpaired) electrons. The summed E-state index contributed by atoms with van der Waals surface area (Å²) in [6, 6.07) is 17.8. The average molecular weight is 430 g/mol. The van der Waals surface area contributed by atoms with Crippen LogP contribution in [-0.2, 0) is 11.4 Å². The Hall–Kier alpha value is -2.55. The van der Waals surface area contributed by atoms with E-state index in [1.165, 1.54) is 32.1 Å². The molecule has 3 fully saturated rings. The molecule has 2 aromatic rings. The first-order chi connectivity index (χ1) is 15.5. The van der Waals surface area contributed by atoms with Gasteiger partial charge in [0.05, 0.1) is 6.21 Å². The quantitative estimate of drug-likeness (QED) is 0.347. The molecule has 0 amide bonds. The second-order valence-corrected chi connectivity index (χ2v) is 10.8.